The fourth-order valence-corrected chi connectivity index (χ4v) is 3.81. The SMILES string of the molecule is Nc1cc(Cl)ccc1CN1CCC2CCCCC21. The van der Waals surface area contributed by atoms with Crippen LogP contribution in [0, 0.1) is 5.92 Å². The molecule has 1 aliphatic carbocycles. The largest absolute Gasteiger partial charge is 0.398 e. The second-order valence-corrected chi connectivity index (χ2v) is 6.15. The van der Waals surface area contributed by atoms with Crippen LogP contribution >= 0.6 is 11.6 Å². The van der Waals surface area contributed by atoms with Crippen LogP contribution in [0.3, 0.4) is 0 Å². The van der Waals surface area contributed by atoms with Gasteiger partial charge in [0.05, 0.1) is 0 Å². The van der Waals surface area contributed by atoms with Crippen molar-refractivity contribution in [2.45, 2.75) is 44.7 Å². The predicted octanol–water partition coefficient (Wildman–Crippen LogP) is 3.69. The molecule has 0 radical (unpaired) electrons. The summed E-state index contributed by atoms with van der Waals surface area (Å²) in [5.41, 5.74) is 8.12. The van der Waals surface area contributed by atoms with Gasteiger partial charge in [0.1, 0.15) is 0 Å². The molecule has 2 fully saturated rings. The van der Waals surface area contributed by atoms with Gasteiger partial charge in [-0.15, -0.1) is 0 Å². The minimum atomic E-state index is 0.730. The van der Waals surface area contributed by atoms with E-state index in [0.717, 1.165) is 29.2 Å². The molecule has 0 aromatic heterocycles. The summed E-state index contributed by atoms with van der Waals surface area (Å²) in [7, 11) is 0. The van der Waals surface area contributed by atoms with Gasteiger partial charge in [0.15, 0.2) is 0 Å². The Labute approximate surface area is 114 Å². The minimum absolute atomic E-state index is 0.730. The van der Waals surface area contributed by atoms with E-state index in [2.05, 4.69) is 11.0 Å². The zero-order chi connectivity index (χ0) is 12.5. The van der Waals surface area contributed by atoms with E-state index in [1.54, 1.807) is 0 Å². The number of nitrogen functional groups attached to an aromatic ring is 1. The number of likely N-dealkylation sites (tertiary alicyclic amines) is 1. The maximum atomic E-state index is 6.06. The third kappa shape index (κ3) is 2.36. The third-order valence-electron chi connectivity index (χ3n) is 4.61. The van der Waals surface area contributed by atoms with E-state index < -0.39 is 0 Å². The van der Waals surface area contributed by atoms with Crippen molar-refractivity contribution in [2.24, 2.45) is 5.92 Å². The molecule has 1 aromatic rings. The normalized spacial score (nSPS) is 28.3. The van der Waals surface area contributed by atoms with Crippen molar-refractivity contribution in [1.82, 2.24) is 4.90 Å². The van der Waals surface area contributed by atoms with Crippen molar-refractivity contribution < 1.29 is 0 Å². The van der Waals surface area contributed by atoms with Crippen LogP contribution in [0.1, 0.15) is 37.7 Å². The van der Waals surface area contributed by atoms with Crippen molar-refractivity contribution in [2.75, 3.05) is 12.3 Å². The smallest absolute Gasteiger partial charge is 0.0426 e. The number of benzene rings is 1. The van der Waals surface area contributed by atoms with E-state index in [-0.39, 0.29) is 0 Å². The fourth-order valence-electron chi connectivity index (χ4n) is 3.63. The Morgan fingerprint density at radius 1 is 1.22 bits per heavy atom. The highest BCUT2D eigenvalue weighted by Crippen LogP contribution is 2.37. The molecule has 2 N–H and O–H groups in total. The van der Waals surface area contributed by atoms with Crippen LogP contribution in [0.5, 0.6) is 0 Å². The molecule has 0 spiro atoms. The van der Waals surface area contributed by atoms with E-state index >= 15 is 0 Å². The molecule has 2 aliphatic rings. The Kier molecular flexibility index (Phi) is 3.49. The molecule has 2 atom stereocenters. The molecule has 18 heavy (non-hydrogen) atoms. The molecule has 2 nitrogen and oxygen atoms in total. The lowest BCUT2D eigenvalue weighted by Gasteiger charge is -2.32. The van der Waals surface area contributed by atoms with Gasteiger partial charge in [-0.2, -0.15) is 0 Å². The Bertz CT molecular complexity index is 433. The van der Waals surface area contributed by atoms with Gasteiger partial charge in [-0.25, -0.2) is 0 Å². The Balaban J connectivity index is 1.72. The average Bonchev–Trinajstić information content (AvgIpc) is 2.76. The molecule has 3 heteroatoms. The summed E-state index contributed by atoms with van der Waals surface area (Å²) in [6.07, 6.45) is 7.00. The van der Waals surface area contributed by atoms with Gasteiger partial charge < -0.3 is 5.73 Å². The van der Waals surface area contributed by atoms with Crippen LogP contribution < -0.4 is 5.73 Å². The molecular weight excluding hydrogens is 244 g/mol. The summed E-state index contributed by atoms with van der Waals surface area (Å²) in [5.74, 6) is 0.937. The summed E-state index contributed by atoms with van der Waals surface area (Å²) in [4.78, 5) is 2.63. The van der Waals surface area contributed by atoms with Gasteiger partial charge in [0.25, 0.3) is 0 Å². The standard InChI is InChI=1S/C15H21ClN2/c16-13-6-5-12(14(17)9-13)10-18-8-7-11-3-1-2-4-15(11)18/h5-6,9,11,15H,1-4,7-8,10,17H2. The van der Waals surface area contributed by atoms with Crippen LogP contribution in [0.15, 0.2) is 18.2 Å². The molecule has 98 valence electrons. The van der Waals surface area contributed by atoms with Crippen LogP contribution in [0.2, 0.25) is 5.02 Å². The zero-order valence-electron chi connectivity index (χ0n) is 10.7. The summed E-state index contributed by atoms with van der Waals surface area (Å²) in [6.45, 7) is 2.22. The zero-order valence-corrected chi connectivity index (χ0v) is 11.5. The summed E-state index contributed by atoms with van der Waals surface area (Å²) in [5, 5.41) is 0.730. The number of hydrogen-bond acceptors (Lipinski definition) is 2. The summed E-state index contributed by atoms with van der Waals surface area (Å²) in [6, 6.07) is 6.69. The van der Waals surface area contributed by atoms with Crippen LogP contribution in [0.25, 0.3) is 0 Å². The molecule has 3 rings (SSSR count). The lowest BCUT2D eigenvalue weighted by Crippen LogP contribution is -2.34. The number of halogens is 1. The van der Waals surface area contributed by atoms with Gasteiger partial charge in [0.2, 0.25) is 0 Å². The molecule has 1 heterocycles. The quantitative estimate of drug-likeness (QED) is 0.826. The number of anilines is 1. The molecule has 1 saturated carbocycles. The van der Waals surface area contributed by atoms with Crippen molar-refractivity contribution in [1.29, 1.82) is 0 Å². The van der Waals surface area contributed by atoms with Crippen molar-refractivity contribution >= 4 is 17.3 Å². The van der Waals surface area contributed by atoms with E-state index in [9.17, 15) is 0 Å². The maximum absolute atomic E-state index is 6.06. The highest BCUT2D eigenvalue weighted by molar-refractivity contribution is 6.30. The highest BCUT2D eigenvalue weighted by Gasteiger charge is 2.35. The number of nitrogens with two attached hydrogens (primary N) is 1. The topological polar surface area (TPSA) is 29.3 Å². The van der Waals surface area contributed by atoms with Gasteiger partial charge in [-0.3, -0.25) is 4.90 Å². The van der Waals surface area contributed by atoms with Gasteiger partial charge in [-0.05, 0) is 49.4 Å². The first-order chi connectivity index (χ1) is 8.74. The van der Waals surface area contributed by atoms with Crippen molar-refractivity contribution in [3.8, 4) is 0 Å². The molecule has 1 aliphatic heterocycles. The van der Waals surface area contributed by atoms with Gasteiger partial charge in [-0.1, -0.05) is 30.5 Å². The van der Waals surface area contributed by atoms with E-state index in [1.165, 1.54) is 44.2 Å². The number of hydrogen-bond donors (Lipinski definition) is 1. The molecular formula is C15H21ClN2. The number of rotatable bonds is 2. The van der Waals surface area contributed by atoms with E-state index in [0.29, 0.717) is 0 Å². The molecule has 2 unspecified atom stereocenters. The first-order valence-corrected chi connectivity index (χ1v) is 7.40. The van der Waals surface area contributed by atoms with E-state index in [4.69, 9.17) is 17.3 Å². The average molecular weight is 265 g/mol. The Morgan fingerprint density at radius 2 is 2.06 bits per heavy atom. The van der Waals surface area contributed by atoms with Crippen LogP contribution in [-0.2, 0) is 6.54 Å². The van der Waals surface area contributed by atoms with Gasteiger partial charge in [0, 0.05) is 23.3 Å². The van der Waals surface area contributed by atoms with Crippen LogP contribution in [-0.4, -0.2) is 17.5 Å². The number of nitrogens with zero attached hydrogens (tertiary/aromatic N) is 1. The number of fused-ring (bicyclic) bond motifs is 1. The van der Waals surface area contributed by atoms with Crippen molar-refractivity contribution in [3.63, 3.8) is 0 Å². The Hall–Kier alpha value is -0.730. The molecule has 1 saturated heterocycles. The molecule has 0 bridgehead atoms. The lowest BCUT2D eigenvalue weighted by molar-refractivity contribution is 0.176. The summed E-state index contributed by atoms with van der Waals surface area (Å²) >= 11 is 5.95. The molecule has 1 aromatic carbocycles. The van der Waals surface area contributed by atoms with Crippen LogP contribution in [0.4, 0.5) is 5.69 Å². The maximum Gasteiger partial charge on any atom is 0.0426 e. The highest BCUT2D eigenvalue weighted by atomic mass is 35.5. The fraction of sp³-hybridized carbons (Fsp3) is 0.600. The van der Waals surface area contributed by atoms with Gasteiger partial charge >= 0.3 is 0 Å². The second kappa shape index (κ2) is 5.10. The summed E-state index contributed by atoms with van der Waals surface area (Å²) < 4.78 is 0. The van der Waals surface area contributed by atoms with E-state index in [1.807, 2.05) is 12.1 Å². The first kappa shape index (κ1) is 12.3. The predicted molar refractivity (Wildman–Crippen MR) is 76.6 cm³/mol. The van der Waals surface area contributed by atoms with Crippen molar-refractivity contribution in [3.05, 3.63) is 28.8 Å². The minimum Gasteiger partial charge on any atom is -0.398 e. The second-order valence-electron chi connectivity index (χ2n) is 5.71. The third-order valence-corrected chi connectivity index (χ3v) is 4.84. The molecule has 0 amide bonds. The monoisotopic (exact) mass is 264 g/mol. The lowest BCUT2D eigenvalue weighted by atomic mass is 9.85. The first-order valence-electron chi connectivity index (χ1n) is 7.02. The Morgan fingerprint density at radius 3 is 2.89 bits per heavy atom.